The molecule has 196 valence electrons. The van der Waals surface area contributed by atoms with Gasteiger partial charge >= 0.3 is 23.9 Å². The molecule has 0 fully saturated rings. The molecule has 0 aromatic carbocycles. The van der Waals surface area contributed by atoms with E-state index in [4.69, 9.17) is 49.1 Å². The molecule has 33 heavy (non-hydrogen) atoms. The number of thioether (sulfide) groups is 1. The summed E-state index contributed by atoms with van der Waals surface area (Å²) in [5, 5.41) is 33.4. The van der Waals surface area contributed by atoms with Crippen molar-refractivity contribution in [3.8, 4) is 0 Å². The largest absolute Gasteiger partial charge is 0.480 e. The molecule has 0 aliphatic heterocycles. The fraction of sp³-hybridized carbons (Fsp3) is 0.765. The van der Waals surface area contributed by atoms with Crippen molar-refractivity contribution in [2.45, 2.75) is 49.9 Å². The van der Waals surface area contributed by atoms with E-state index in [1.807, 2.05) is 6.26 Å². The Morgan fingerprint density at radius 2 is 1.03 bits per heavy atom. The molecule has 14 N–H and O–H groups in total. The first-order valence-electron chi connectivity index (χ1n) is 9.68. The van der Waals surface area contributed by atoms with Gasteiger partial charge in [-0.3, -0.25) is 19.2 Å². The van der Waals surface area contributed by atoms with Gasteiger partial charge in [-0.25, -0.2) is 0 Å². The summed E-state index contributed by atoms with van der Waals surface area (Å²) in [6.07, 6.45) is 4.64. The molecule has 16 heteroatoms. The number of unbranched alkanes of at least 4 members (excludes halogenated alkanes) is 1. The third kappa shape index (κ3) is 26.9. The van der Waals surface area contributed by atoms with Gasteiger partial charge in [0.25, 0.3) is 0 Å². The van der Waals surface area contributed by atoms with Crippen molar-refractivity contribution >= 4 is 57.2 Å². The van der Waals surface area contributed by atoms with Gasteiger partial charge < -0.3 is 49.1 Å². The molecular formula is C17H37N5O8S3. The summed E-state index contributed by atoms with van der Waals surface area (Å²) in [6.45, 7) is 0.604. The summed E-state index contributed by atoms with van der Waals surface area (Å²) in [5.74, 6) is -2.71. The normalized spacial score (nSPS) is 13.8. The van der Waals surface area contributed by atoms with Crippen molar-refractivity contribution in [2.75, 3.05) is 30.1 Å². The molecule has 0 rings (SSSR count). The predicted molar refractivity (Wildman–Crippen MR) is 133 cm³/mol. The maximum atomic E-state index is 10.3. The number of carbonyl (C=O) groups is 4. The molecule has 0 saturated carbocycles. The lowest BCUT2D eigenvalue weighted by Gasteiger charge is -2.07. The van der Waals surface area contributed by atoms with Crippen LogP contribution in [0.5, 0.6) is 0 Å². The highest BCUT2D eigenvalue weighted by Crippen LogP contribution is 2.22. The molecule has 0 amide bonds. The minimum absolute atomic E-state index is 0.229. The highest BCUT2D eigenvalue weighted by Gasteiger charge is 2.14. The number of rotatable bonds is 16. The van der Waals surface area contributed by atoms with E-state index in [0.717, 1.165) is 18.6 Å². The lowest BCUT2D eigenvalue weighted by molar-refractivity contribution is -0.139. The average molecular weight is 536 g/mol. The molecule has 4 atom stereocenters. The number of hydrogen-bond donors (Lipinski definition) is 9. The molecular weight excluding hydrogens is 498 g/mol. The second kappa shape index (κ2) is 23.9. The maximum absolute atomic E-state index is 10.3. The molecule has 4 unspecified atom stereocenters. The standard InChI is InChI=1S/C6H12N2O4S2.C6H14N2O2.C5H11NO2S/c7-3(5(9)10)1-13-14-2-4(8)6(11)12;7-4-2-1-3-5(8)6(9)10;1-9-3-2-4(6)5(7)8/h3-4H,1-2,7-8H2,(H,9,10)(H,11,12);5H,1-4,7-8H2,(H,9,10);4H,2-3,6H2,1H3,(H,7,8). The van der Waals surface area contributed by atoms with Crippen LogP contribution >= 0.6 is 33.3 Å². The van der Waals surface area contributed by atoms with Gasteiger partial charge in [-0.1, -0.05) is 28.0 Å². The second-order valence-corrected chi connectivity index (χ2v) is 9.95. The third-order valence-corrected chi connectivity index (χ3v) is 6.57. The predicted octanol–water partition coefficient (Wildman–Crippen LogP) is -1.13. The molecule has 0 spiro atoms. The quantitative estimate of drug-likeness (QED) is 0.0834. The fourth-order valence-corrected chi connectivity index (χ4v) is 4.10. The summed E-state index contributed by atoms with van der Waals surface area (Å²) < 4.78 is 0. The monoisotopic (exact) mass is 535 g/mol. The van der Waals surface area contributed by atoms with E-state index >= 15 is 0 Å². The van der Waals surface area contributed by atoms with Crippen LogP contribution in [0.3, 0.4) is 0 Å². The molecule has 0 aromatic rings. The summed E-state index contributed by atoms with van der Waals surface area (Å²) >= 11 is 1.60. The topological polar surface area (TPSA) is 279 Å². The Bertz CT molecular complexity index is 541. The van der Waals surface area contributed by atoms with Crippen LogP contribution in [-0.2, 0) is 19.2 Å². The van der Waals surface area contributed by atoms with Gasteiger partial charge in [-0.15, -0.1) is 0 Å². The summed E-state index contributed by atoms with van der Waals surface area (Å²) in [4.78, 5) is 40.7. The number of aliphatic carboxylic acids is 4. The van der Waals surface area contributed by atoms with Crippen LogP contribution < -0.4 is 28.7 Å². The van der Waals surface area contributed by atoms with E-state index in [2.05, 4.69) is 0 Å². The van der Waals surface area contributed by atoms with Crippen molar-refractivity contribution in [1.29, 1.82) is 0 Å². The van der Waals surface area contributed by atoms with E-state index in [-0.39, 0.29) is 11.5 Å². The molecule has 0 aliphatic rings. The number of carboxylic acids is 4. The number of carboxylic acid groups (broad SMARTS) is 4. The van der Waals surface area contributed by atoms with Crippen LogP contribution in [0.15, 0.2) is 0 Å². The Hall–Kier alpha value is -1.27. The SMILES string of the molecule is CSCCC(N)C(=O)O.NC(CSSCC(N)C(=O)O)C(=O)O.NCCCCC(N)C(=O)O. The first-order chi connectivity index (χ1) is 15.3. The van der Waals surface area contributed by atoms with E-state index < -0.39 is 48.0 Å². The van der Waals surface area contributed by atoms with Crippen molar-refractivity contribution in [3.05, 3.63) is 0 Å². The van der Waals surface area contributed by atoms with Gasteiger partial charge in [-0.05, 0) is 37.8 Å². The second-order valence-electron chi connectivity index (χ2n) is 6.41. The van der Waals surface area contributed by atoms with Crippen molar-refractivity contribution in [1.82, 2.24) is 0 Å². The molecule has 0 radical (unpaired) electrons. The minimum atomic E-state index is -1.07. The fourth-order valence-electron chi connectivity index (χ4n) is 1.39. The van der Waals surface area contributed by atoms with E-state index in [1.54, 1.807) is 11.8 Å². The Morgan fingerprint density at radius 1 is 0.667 bits per heavy atom. The lowest BCUT2D eigenvalue weighted by atomic mass is 10.1. The third-order valence-electron chi connectivity index (χ3n) is 3.45. The minimum Gasteiger partial charge on any atom is -0.480 e. The Kier molecular flexibility index (Phi) is 26.3. The van der Waals surface area contributed by atoms with Crippen LogP contribution in [0.25, 0.3) is 0 Å². The van der Waals surface area contributed by atoms with Crippen LogP contribution in [0.2, 0.25) is 0 Å². The van der Waals surface area contributed by atoms with Crippen LogP contribution in [-0.4, -0.2) is 98.5 Å². The van der Waals surface area contributed by atoms with Crippen LogP contribution in [0.1, 0.15) is 25.7 Å². The van der Waals surface area contributed by atoms with Gasteiger partial charge in [0, 0.05) is 11.5 Å². The van der Waals surface area contributed by atoms with Crippen molar-refractivity contribution in [2.24, 2.45) is 28.7 Å². The molecule has 0 heterocycles. The molecule has 13 nitrogen and oxygen atoms in total. The Balaban J connectivity index is -0.000000423. The molecule has 0 aliphatic carbocycles. The molecule has 0 bridgehead atoms. The van der Waals surface area contributed by atoms with Gasteiger partial charge in [0.15, 0.2) is 0 Å². The summed E-state index contributed by atoms with van der Waals surface area (Å²) in [5.41, 5.74) is 26.0. The zero-order valence-corrected chi connectivity index (χ0v) is 20.9. The summed E-state index contributed by atoms with van der Waals surface area (Å²) in [6, 6.07) is -3.24. The zero-order chi connectivity index (χ0) is 26.4. The average Bonchev–Trinajstić information content (AvgIpc) is 2.75. The zero-order valence-electron chi connectivity index (χ0n) is 18.5. The number of nitrogens with two attached hydrogens (primary N) is 5. The van der Waals surface area contributed by atoms with Crippen molar-refractivity contribution in [3.63, 3.8) is 0 Å². The smallest absolute Gasteiger partial charge is 0.321 e. The van der Waals surface area contributed by atoms with Gasteiger partial charge in [0.1, 0.15) is 24.2 Å². The highest BCUT2D eigenvalue weighted by molar-refractivity contribution is 8.76. The highest BCUT2D eigenvalue weighted by atomic mass is 33.1. The Labute approximate surface area is 205 Å². The summed E-state index contributed by atoms with van der Waals surface area (Å²) in [7, 11) is 2.41. The van der Waals surface area contributed by atoms with Gasteiger partial charge in [0.05, 0.1) is 0 Å². The van der Waals surface area contributed by atoms with Gasteiger partial charge in [-0.2, -0.15) is 11.8 Å². The Morgan fingerprint density at radius 3 is 1.33 bits per heavy atom. The van der Waals surface area contributed by atoms with Gasteiger partial charge in [0.2, 0.25) is 0 Å². The van der Waals surface area contributed by atoms with Crippen molar-refractivity contribution < 1.29 is 39.6 Å². The van der Waals surface area contributed by atoms with E-state index in [9.17, 15) is 19.2 Å². The first kappa shape index (κ1) is 36.3. The van der Waals surface area contributed by atoms with Crippen LogP contribution in [0.4, 0.5) is 0 Å². The molecule has 0 aromatic heterocycles. The van der Waals surface area contributed by atoms with E-state index in [0.29, 0.717) is 19.4 Å². The lowest BCUT2D eigenvalue weighted by Crippen LogP contribution is -2.33. The van der Waals surface area contributed by atoms with E-state index in [1.165, 1.54) is 21.6 Å². The molecule has 0 saturated heterocycles. The first-order valence-corrected chi connectivity index (χ1v) is 13.6. The number of hydrogen-bond acceptors (Lipinski definition) is 12. The van der Waals surface area contributed by atoms with Crippen LogP contribution in [0, 0.1) is 0 Å². The maximum Gasteiger partial charge on any atom is 0.321 e.